The Morgan fingerprint density at radius 1 is 0.862 bits per heavy atom. The van der Waals surface area contributed by atoms with Gasteiger partial charge in [-0.25, -0.2) is 41.8 Å². The Labute approximate surface area is 172 Å². The standard InChI is InChI=1S/C16H21N3.2ClHO4/c1-17(2)12-15(13-18(3)4)19-11-7-9-14-8-5-6-10-16(14)19;2*2-1(3,4)5/h5-13H,1-4H3;2*(H,2,3,4,5)/q+2;;/p-2. The van der Waals surface area contributed by atoms with Crippen molar-refractivity contribution in [2.24, 2.45) is 0 Å². The van der Waals surface area contributed by atoms with Gasteiger partial charge in [-0.2, -0.15) is 4.57 Å². The summed E-state index contributed by atoms with van der Waals surface area (Å²) in [4.78, 5) is 2.06. The lowest BCUT2D eigenvalue weighted by molar-refractivity contribution is -2.00. The SMILES string of the molecule is CN(C)/C=C(/C=[N+](C)C)[n+]1cccc2ccccc21.[O-][Cl+3]([O-])([O-])[O-].[O-][Cl+3]([O-])([O-])[O-]. The Balaban J connectivity index is 0.000000653. The molecule has 2 rings (SSSR count). The third-order valence-corrected chi connectivity index (χ3v) is 2.77. The fourth-order valence-corrected chi connectivity index (χ4v) is 2.07. The maximum atomic E-state index is 8.49. The van der Waals surface area contributed by atoms with E-state index < -0.39 is 20.5 Å². The Bertz CT molecular complexity index is 800. The topological polar surface area (TPSA) is 195 Å². The van der Waals surface area contributed by atoms with Crippen LogP contribution >= 0.6 is 0 Å². The van der Waals surface area contributed by atoms with Gasteiger partial charge in [0.05, 0.1) is 6.20 Å². The zero-order valence-corrected chi connectivity index (χ0v) is 17.6. The van der Waals surface area contributed by atoms with Gasteiger partial charge in [0.25, 0.3) is 5.70 Å². The number of allylic oxidation sites excluding steroid dienone is 1. The molecule has 0 aliphatic heterocycles. The van der Waals surface area contributed by atoms with Gasteiger partial charge in [0.15, 0.2) is 6.20 Å². The summed E-state index contributed by atoms with van der Waals surface area (Å²) in [5.41, 5.74) is 2.34. The van der Waals surface area contributed by atoms with Crippen molar-refractivity contribution in [1.82, 2.24) is 4.90 Å². The Morgan fingerprint density at radius 3 is 1.76 bits per heavy atom. The van der Waals surface area contributed by atoms with Crippen LogP contribution in [0.4, 0.5) is 0 Å². The van der Waals surface area contributed by atoms with Crippen molar-refractivity contribution in [3.63, 3.8) is 0 Å². The predicted molar refractivity (Wildman–Crippen MR) is 80.3 cm³/mol. The molecule has 1 heterocycles. The number of pyridine rings is 1. The van der Waals surface area contributed by atoms with E-state index in [-0.39, 0.29) is 0 Å². The molecule has 11 nitrogen and oxygen atoms in total. The molecular weight excluding hydrogens is 433 g/mol. The number of benzene rings is 1. The van der Waals surface area contributed by atoms with Crippen molar-refractivity contribution in [1.29, 1.82) is 0 Å². The third-order valence-electron chi connectivity index (χ3n) is 2.77. The molecule has 0 saturated heterocycles. The lowest BCUT2D eigenvalue weighted by Crippen LogP contribution is -2.68. The van der Waals surface area contributed by atoms with Gasteiger partial charge in [-0.15, -0.1) is 20.5 Å². The third kappa shape index (κ3) is 15.7. The van der Waals surface area contributed by atoms with Crippen LogP contribution in [-0.4, -0.2) is 43.9 Å². The van der Waals surface area contributed by atoms with E-state index in [1.54, 1.807) is 0 Å². The second kappa shape index (κ2) is 11.9. The van der Waals surface area contributed by atoms with E-state index in [9.17, 15) is 0 Å². The molecule has 0 bridgehead atoms. The number of hydrogen-bond donors (Lipinski definition) is 0. The molecule has 0 amide bonds. The molecule has 0 aliphatic carbocycles. The van der Waals surface area contributed by atoms with Crippen LogP contribution in [0, 0.1) is 20.5 Å². The van der Waals surface area contributed by atoms with Gasteiger partial charge in [-0.1, -0.05) is 12.1 Å². The molecule has 1 aromatic carbocycles. The molecule has 0 spiro atoms. The van der Waals surface area contributed by atoms with Gasteiger partial charge >= 0.3 is 0 Å². The summed E-state index contributed by atoms with van der Waals surface area (Å²) in [6.07, 6.45) is 6.33. The minimum Gasteiger partial charge on any atom is -0.378 e. The van der Waals surface area contributed by atoms with E-state index in [1.807, 2.05) is 28.2 Å². The Kier molecular flexibility index (Phi) is 11.2. The maximum absolute atomic E-state index is 8.49. The smallest absolute Gasteiger partial charge is 0.290 e. The number of nitrogens with zero attached hydrogens (tertiary/aromatic N) is 3. The van der Waals surface area contributed by atoms with Gasteiger partial charge in [0, 0.05) is 31.6 Å². The summed E-state index contributed by atoms with van der Waals surface area (Å²) < 4.78 is 72.2. The molecule has 13 heteroatoms. The summed E-state index contributed by atoms with van der Waals surface area (Å²) >= 11 is 0. The van der Waals surface area contributed by atoms with E-state index in [4.69, 9.17) is 37.3 Å². The Morgan fingerprint density at radius 2 is 1.31 bits per heavy atom. The first-order valence-corrected chi connectivity index (χ1v) is 10.1. The predicted octanol–water partition coefficient (Wildman–Crippen LogP) is -7.68. The summed E-state index contributed by atoms with van der Waals surface area (Å²) in [7, 11) is -1.74. The lowest BCUT2D eigenvalue weighted by Gasteiger charge is -2.17. The van der Waals surface area contributed by atoms with Crippen molar-refractivity contribution < 1.29 is 66.9 Å². The first-order chi connectivity index (χ1) is 13.1. The second-order valence-electron chi connectivity index (χ2n) is 5.80. The number of hydrogen-bond acceptors (Lipinski definition) is 9. The molecule has 0 unspecified atom stereocenters. The van der Waals surface area contributed by atoms with Crippen LogP contribution in [0.1, 0.15) is 0 Å². The van der Waals surface area contributed by atoms with E-state index in [0.29, 0.717) is 0 Å². The highest BCUT2D eigenvalue weighted by atomic mass is 35.7. The van der Waals surface area contributed by atoms with Gasteiger partial charge in [0.1, 0.15) is 14.1 Å². The van der Waals surface area contributed by atoms with Crippen LogP contribution in [0.15, 0.2) is 48.8 Å². The van der Waals surface area contributed by atoms with Crippen LogP contribution in [0.3, 0.4) is 0 Å². The van der Waals surface area contributed by atoms with Crippen LogP contribution in [0.5, 0.6) is 0 Å². The summed E-state index contributed by atoms with van der Waals surface area (Å²) in [6, 6.07) is 12.6. The fourth-order valence-electron chi connectivity index (χ4n) is 2.07. The molecule has 0 atom stereocenters. The van der Waals surface area contributed by atoms with Gasteiger partial charge in [-0.05, 0) is 12.1 Å². The van der Waals surface area contributed by atoms with E-state index in [2.05, 4.69) is 69.1 Å². The molecule has 0 aliphatic rings. The minimum atomic E-state index is -4.94. The monoisotopic (exact) mass is 453 g/mol. The first-order valence-electron chi connectivity index (χ1n) is 7.61. The quantitative estimate of drug-likeness (QED) is 0.320. The number of halogens is 2. The van der Waals surface area contributed by atoms with Crippen LogP contribution in [0.2, 0.25) is 0 Å². The van der Waals surface area contributed by atoms with Crippen LogP contribution in [0.25, 0.3) is 16.6 Å². The first kappa shape index (κ1) is 27.1. The van der Waals surface area contributed by atoms with Crippen molar-refractivity contribution in [3.8, 4) is 0 Å². The zero-order valence-electron chi connectivity index (χ0n) is 16.1. The number of fused-ring (bicyclic) bond motifs is 1. The largest absolute Gasteiger partial charge is 0.378 e. The molecule has 2 aromatic rings. The molecule has 0 fully saturated rings. The van der Waals surface area contributed by atoms with Gasteiger partial charge in [0.2, 0.25) is 11.7 Å². The average molecular weight is 454 g/mol. The number of aromatic nitrogens is 1. The molecule has 0 saturated carbocycles. The summed E-state index contributed by atoms with van der Waals surface area (Å²) in [5.74, 6) is 0. The van der Waals surface area contributed by atoms with E-state index in [1.165, 1.54) is 10.9 Å². The molecule has 1 aromatic heterocycles. The Hall–Kier alpha value is -1.90. The average Bonchev–Trinajstić information content (AvgIpc) is 2.49. The fraction of sp³-hybridized carbons (Fsp3) is 0.250. The van der Waals surface area contributed by atoms with Crippen molar-refractivity contribution in [2.45, 2.75) is 0 Å². The molecular formula is C16H21Cl2N3O8. The van der Waals surface area contributed by atoms with Crippen molar-refractivity contribution in [2.75, 3.05) is 28.2 Å². The van der Waals surface area contributed by atoms with Gasteiger partial charge < -0.3 is 4.90 Å². The minimum absolute atomic E-state index is 1.13. The van der Waals surface area contributed by atoms with Gasteiger partial charge in [-0.3, -0.25) is 0 Å². The molecule has 162 valence electrons. The van der Waals surface area contributed by atoms with E-state index in [0.717, 1.165) is 5.70 Å². The van der Waals surface area contributed by atoms with Crippen LogP contribution < -0.4 is 41.8 Å². The van der Waals surface area contributed by atoms with Crippen molar-refractivity contribution >= 4 is 22.8 Å². The van der Waals surface area contributed by atoms with E-state index >= 15 is 0 Å². The molecule has 0 N–H and O–H groups in total. The molecule has 0 radical (unpaired) electrons. The second-order valence-corrected chi connectivity index (χ2v) is 7.32. The highest BCUT2D eigenvalue weighted by Gasteiger charge is 2.16. The zero-order chi connectivity index (χ0) is 22.8. The summed E-state index contributed by atoms with van der Waals surface area (Å²) in [5, 5.41) is 1.24. The van der Waals surface area contributed by atoms with Crippen LogP contribution in [-0.2, 0) is 0 Å². The molecule has 29 heavy (non-hydrogen) atoms. The maximum Gasteiger partial charge on any atom is 0.290 e. The summed E-state index contributed by atoms with van der Waals surface area (Å²) in [6.45, 7) is 0. The lowest BCUT2D eigenvalue weighted by atomic mass is 10.2. The number of rotatable bonds is 3. The normalized spacial score (nSPS) is 11.7. The highest BCUT2D eigenvalue weighted by Crippen LogP contribution is 2.09. The highest BCUT2D eigenvalue weighted by molar-refractivity contribution is 5.95. The van der Waals surface area contributed by atoms with Crippen molar-refractivity contribution in [3.05, 3.63) is 48.8 Å². The number of para-hydroxylation sites is 1.